The number of hydrogen-bond acceptors (Lipinski definition) is 4. The second kappa shape index (κ2) is 9.86. The molecule has 2 heterocycles. The summed E-state index contributed by atoms with van der Waals surface area (Å²) in [4.78, 5) is 0. The molecule has 0 bridgehead atoms. The highest BCUT2D eigenvalue weighted by Crippen LogP contribution is 2.37. The summed E-state index contributed by atoms with van der Waals surface area (Å²) in [6.07, 6.45) is 2.15. The molecule has 4 nitrogen and oxygen atoms in total. The van der Waals surface area contributed by atoms with Crippen molar-refractivity contribution in [2.75, 3.05) is 32.9 Å². The first-order chi connectivity index (χ1) is 13.3. The summed E-state index contributed by atoms with van der Waals surface area (Å²) < 4.78 is 11.6. The van der Waals surface area contributed by atoms with Crippen molar-refractivity contribution in [3.63, 3.8) is 0 Å². The monoisotopic (exact) mass is 403 g/mol. The quantitative estimate of drug-likeness (QED) is 0.802. The van der Waals surface area contributed by atoms with Crippen LogP contribution in [0.5, 0.6) is 0 Å². The van der Waals surface area contributed by atoms with Crippen molar-refractivity contribution in [1.82, 2.24) is 5.32 Å². The molecule has 2 aliphatic rings. The Kier molecular flexibility index (Phi) is 7.49. The van der Waals surface area contributed by atoms with Crippen LogP contribution in [-0.4, -0.2) is 49.7 Å². The molecule has 2 N–H and O–H groups in total. The van der Waals surface area contributed by atoms with Gasteiger partial charge in [0.25, 0.3) is 0 Å². The van der Waals surface area contributed by atoms with Crippen LogP contribution in [0.25, 0.3) is 11.1 Å². The minimum Gasteiger partial charge on any atom is -0.386 e. The van der Waals surface area contributed by atoms with Gasteiger partial charge in [-0.25, -0.2) is 0 Å². The second-order valence-electron chi connectivity index (χ2n) is 7.64. The summed E-state index contributed by atoms with van der Waals surface area (Å²) in [6, 6.07) is 18.8. The van der Waals surface area contributed by atoms with Crippen LogP contribution >= 0.6 is 12.4 Å². The first kappa shape index (κ1) is 21.3. The maximum absolute atomic E-state index is 12.0. The van der Waals surface area contributed by atoms with Crippen LogP contribution in [-0.2, 0) is 15.9 Å². The molecule has 4 rings (SSSR count). The topological polar surface area (TPSA) is 50.7 Å². The van der Waals surface area contributed by atoms with Crippen molar-refractivity contribution >= 4 is 12.4 Å². The molecule has 0 amide bonds. The first-order valence-electron chi connectivity index (χ1n) is 10.0. The Balaban J connectivity index is 0.00000225. The lowest BCUT2D eigenvalue weighted by atomic mass is 9.73. The molecule has 0 aliphatic carbocycles. The van der Waals surface area contributed by atoms with Crippen molar-refractivity contribution in [2.24, 2.45) is 5.92 Å². The van der Waals surface area contributed by atoms with E-state index in [1.54, 1.807) is 0 Å². The highest BCUT2D eigenvalue weighted by atomic mass is 35.5. The normalized spacial score (nSPS) is 22.8. The number of halogens is 1. The molecule has 0 saturated carbocycles. The Morgan fingerprint density at radius 2 is 1.68 bits per heavy atom. The SMILES string of the molecule is Cl.OC(Cc1ccccc1-c1ccccc1)(C1CCOCC1)C1CNCCO1. The molecule has 0 radical (unpaired) electrons. The van der Waals surface area contributed by atoms with Gasteiger partial charge in [-0.2, -0.15) is 0 Å². The maximum atomic E-state index is 12.0. The number of rotatable bonds is 5. The van der Waals surface area contributed by atoms with Crippen molar-refractivity contribution in [1.29, 1.82) is 0 Å². The summed E-state index contributed by atoms with van der Waals surface area (Å²) in [5, 5.41) is 15.4. The van der Waals surface area contributed by atoms with E-state index >= 15 is 0 Å². The summed E-state index contributed by atoms with van der Waals surface area (Å²) >= 11 is 0. The van der Waals surface area contributed by atoms with Gasteiger partial charge in [0, 0.05) is 32.7 Å². The Hall–Kier alpha value is -1.43. The van der Waals surface area contributed by atoms with Gasteiger partial charge >= 0.3 is 0 Å². The Bertz CT molecular complexity index is 710. The molecule has 0 spiro atoms. The molecule has 2 aromatic carbocycles. The van der Waals surface area contributed by atoms with Crippen molar-refractivity contribution in [2.45, 2.75) is 31.0 Å². The first-order valence-corrected chi connectivity index (χ1v) is 10.0. The molecular weight excluding hydrogens is 374 g/mol. The van der Waals surface area contributed by atoms with Crippen molar-refractivity contribution in [3.05, 3.63) is 60.2 Å². The summed E-state index contributed by atoms with van der Waals surface area (Å²) in [5.41, 5.74) is 2.64. The van der Waals surface area contributed by atoms with E-state index in [9.17, 15) is 5.11 Å². The fourth-order valence-corrected chi connectivity index (χ4v) is 4.48. The van der Waals surface area contributed by atoms with Crippen LogP contribution < -0.4 is 5.32 Å². The fraction of sp³-hybridized carbons (Fsp3) is 0.478. The third kappa shape index (κ3) is 4.58. The smallest absolute Gasteiger partial charge is 0.0992 e. The van der Waals surface area contributed by atoms with Crippen LogP contribution in [0.2, 0.25) is 0 Å². The van der Waals surface area contributed by atoms with E-state index in [1.165, 1.54) is 16.7 Å². The van der Waals surface area contributed by atoms with Crippen LogP contribution in [0, 0.1) is 5.92 Å². The average molecular weight is 404 g/mol. The lowest BCUT2D eigenvalue weighted by Gasteiger charge is -2.45. The number of aliphatic hydroxyl groups is 1. The van der Waals surface area contributed by atoms with Gasteiger partial charge in [0.15, 0.2) is 0 Å². The van der Waals surface area contributed by atoms with Gasteiger partial charge in [0.05, 0.1) is 18.3 Å². The van der Waals surface area contributed by atoms with Gasteiger partial charge in [-0.15, -0.1) is 12.4 Å². The van der Waals surface area contributed by atoms with Crippen LogP contribution in [0.4, 0.5) is 0 Å². The van der Waals surface area contributed by atoms with E-state index in [1.807, 2.05) is 6.07 Å². The summed E-state index contributed by atoms with van der Waals surface area (Å²) in [5.74, 6) is 0.181. The Morgan fingerprint density at radius 1 is 0.964 bits per heavy atom. The zero-order chi connectivity index (χ0) is 18.5. The highest BCUT2D eigenvalue weighted by Gasteiger charge is 2.46. The number of hydrogen-bond donors (Lipinski definition) is 2. The van der Waals surface area contributed by atoms with Crippen molar-refractivity contribution < 1.29 is 14.6 Å². The lowest BCUT2D eigenvalue weighted by Crippen LogP contribution is -2.59. The zero-order valence-corrected chi connectivity index (χ0v) is 17.0. The average Bonchev–Trinajstić information content (AvgIpc) is 2.76. The number of nitrogens with one attached hydrogen (secondary N) is 1. The molecular formula is C23H30ClNO3. The maximum Gasteiger partial charge on any atom is 0.0992 e. The highest BCUT2D eigenvalue weighted by molar-refractivity contribution is 5.85. The van der Waals surface area contributed by atoms with Gasteiger partial charge in [0.2, 0.25) is 0 Å². The van der Waals surface area contributed by atoms with E-state index in [2.05, 4.69) is 53.8 Å². The largest absolute Gasteiger partial charge is 0.386 e. The van der Waals surface area contributed by atoms with E-state index in [0.29, 0.717) is 32.8 Å². The van der Waals surface area contributed by atoms with E-state index < -0.39 is 5.60 Å². The summed E-state index contributed by atoms with van der Waals surface area (Å²) in [7, 11) is 0. The molecule has 2 aromatic rings. The van der Waals surface area contributed by atoms with E-state index in [0.717, 1.165) is 19.4 Å². The molecule has 28 heavy (non-hydrogen) atoms. The third-order valence-electron chi connectivity index (χ3n) is 5.99. The molecule has 2 atom stereocenters. The second-order valence-corrected chi connectivity index (χ2v) is 7.64. The minimum atomic E-state index is -0.901. The fourth-order valence-electron chi connectivity index (χ4n) is 4.48. The molecule has 0 aromatic heterocycles. The number of ether oxygens (including phenoxy) is 2. The van der Waals surface area contributed by atoms with Crippen molar-refractivity contribution in [3.8, 4) is 11.1 Å². The van der Waals surface area contributed by atoms with Gasteiger partial charge < -0.3 is 19.9 Å². The Labute approximate surface area is 173 Å². The predicted octanol–water partition coefficient (Wildman–Crippen LogP) is 3.46. The van der Waals surface area contributed by atoms with E-state index in [-0.39, 0.29) is 24.4 Å². The molecule has 2 unspecified atom stereocenters. The predicted molar refractivity (Wildman–Crippen MR) is 114 cm³/mol. The van der Waals surface area contributed by atoms with Crippen LogP contribution in [0.15, 0.2) is 54.6 Å². The molecule has 5 heteroatoms. The van der Waals surface area contributed by atoms with E-state index in [4.69, 9.17) is 9.47 Å². The summed E-state index contributed by atoms with van der Waals surface area (Å²) in [6.45, 7) is 3.62. The van der Waals surface area contributed by atoms with Gasteiger partial charge in [-0.3, -0.25) is 0 Å². The van der Waals surface area contributed by atoms with Crippen LogP contribution in [0.1, 0.15) is 18.4 Å². The molecule has 2 fully saturated rings. The lowest BCUT2D eigenvalue weighted by molar-refractivity contribution is -0.163. The number of morpholine rings is 1. The van der Waals surface area contributed by atoms with Gasteiger partial charge in [-0.1, -0.05) is 54.6 Å². The molecule has 2 aliphatic heterocycles. The molecule has 152 valence electrons. The molecule has 2 saturated heterocycles. The third-order valence-corrected chi connectivity index (χ3v) is 5.99. The zero-order valence-electron chi connectivity index (χ0n) is 16.2. The standard InChI is InChI=1S/C23H29NO3.ClH/c25-23(20-10-13-26-14-11-20,22-17-24-12-15-27-22)16-19-8-4-5-9-21(19)18-6-2-1-3-7-18;/h1-9,20,22,24-25H,10-17H2;1H. The van der Waals surface area contributed by atoms with Crippen LogP contribution in [0.3, 0.4) is 0 Å². The number of benzene rings is 2. The minimum absolute atomic E-state index is 0. The Morgan fingerprint density at radius 3 is 2.39 bits per heavy atom. The van der Waals surface area contributed by atoms with Gasteiger partial charge in [0.1, 0.15) is 0 Å². The van der Waals surface area contributed by atoms with Gasteiger partial charge in [-0.05, 0) is 35.4 Å².